The van der Waals surface area contributed by atoms with Crippen LogP contribution in [0.15, 0.2) is 60.8 Å². The fourth-order valence-corrected chi connectivity index (χ4v) is 6.22. The summed E-state index contributed by atoms with van der Waals surface area (Å²) in [4.78, 5) is 47.1. The molecule has 328 valence electrons. The number of hydrogen-bond donors (Lipinski definition) is 1. The van der Waals surface area contributed by atoms with Gasteiger partial charge < -0.3 is 18.9 Å². The van der Waals surface area contributed by atoms with Crippen LogP contribution in [0.2, 0.25) is 0 Å². The van der Waals surface area contributed by atoms with Crippen LogP contribution < -0.4 is 0 Å². The molecule has 0 bridgehead atoms. The molecule has 0 aliphatic heterocycles. The number of likely N-dealkylation sites (N-methyl/N-ethyl adjacent to an activating group) is 1. The van der Waals surface area contributed by atoms with Crippen molar-refractivity contribution in [3.8, 4) is 0 Å². The summed E-state index contributed by atoms with van der Waals surface area (Å²) < 4.78 is 34.2. The van der Waals surface area contributed by atoms with Crippen molar-refractivity contribution < 1.29 is 46.8 Å². The van der Waals surface area contributed by atoms with Crippen LogP contribution in [-0.2, 0) is 37.5 Å². The lowest BCUT2D eigenvalue weighted by Gasteiger charge is -2.24. The minimum atomic E-state index is -4.41. The Kier molecular flexibility index (Phi) is 35.9. The predicted molar refractivity (Wildman–Crippen MR) is 234 cm³/mol. The summed E-state index contributed by atoms with van der Waals surface area (Å²) in [5.74, 6) is -0.753. The third-order valence-corrected chi connectivity index (χ3v) is 9.98. The number of nitrogens with zero attached hydrogens (tertiary/aromatic N) is 1. The average Bonchev–Trinajstić information content (AvgIpc) is 3.15. The van der Waals surface area contributed by atoms with Crippen LogP contribution >= 0.6 is 7.82 Å². The first kappa shape index (κ1) is 54.4. The Morgan fingerprint density at radius 1 is 0.596 bits per heavy atom. The van der Waals surface area contributed by atoms with Gasteiger partial charge in [-0.3, -0.25) is 23.4 Å². The zero-order valence-electron chi connectivity index (χ0n) is 36.6. The van der Waals surface area contributed by atoms with Gasteiger partial charge in [-0.15, -0.1) is 0 Å². The molecule has 1 unspecified atom stereocenters. The van der Waals surface area contributed by atoms with Crippen molar-refractivity contribution in [2.45, 2.75) is 168 Å². The molecule has 0 saturated carbocycles. The second-order valence-corrected chi connectivity index (χ2v) is 17.2. The Morgan fingerprint density at radius 3 is 1.77 bits per heavy atom. The van der Waals surface area contributed by atoms with Gasteiger partial charge in [-0.05, 0) is 70.3 Å². The molecule has 0 aromatic heterocycles. The Balaban J connectivity index is 4.52. The van der Waals surface area contributed by atoms with Gasteiger partial charge >= 0.3 is 19.8 Å². The lowest BCUT2D eigenvalue weighted by molar-refractivity contribution is -0.870. The topological polar surface area (TPSA) is 125 Å². The normalized spacial score (nSPS) is 14.1. The summed E-state index contributed by atoms with van der Waals surface area (Å²) in [5.41, 5.74) is 0. The fraction of sp³-hybridized carbons (Fsp3) is 0.717. The minimum absolute atomic E-state index is 0.00565. The number of phosphoric ester groups is 1. The summed E-state index contributed by atoms with van der Waals surface area (Å²) in [6.07, 6.45) is 41.1. The van der Waals surface area contributed by atoms with Crippen LogP contribution in [0.3, 0.4) is 0 Å². The highest BCUT2D eigenvalue weighted by atomic mass is 31.2. The van der Waals surface area contributed by atoms with Crippen LogP contribution in [0.25, 0.3) is 0 Å². The highest BCUT2D eigenvalue weighted by molar-refractivity contribution is 7.47. The lowest BCUT2D eigenvalue weighted by Crippen LogP contribution is -2.37. The van der Waals surface area contributed by atoms with Crippen molar-refractivity contribution >= 4 is 25.5 Å². The average molecular weight is 823 g/mol. The molecule has 0 amide bonds. The van der Waals surface area contributed by atoms with Crippen molar-refractivity contribution in [2.75, 3.05) is 47.5 Å². The van der Waals surface area contributed by atoms with E-state index in [4.69, 9.17) is 18.5 Å². The lowest BCUT2D eigenvalue weighted by atomic mass is 10.1. The molecular weight excluding hydrogens is 741 g/mol. The van der Waals surface area contributed by atoms with Crippen LogP contribution in [-0.4, -0.2) is 80.7 Å². The maximum absolute atomic E-state index is 12.7. The number of ketones is 1. The van der Waals surface area contributed by atoms with Crippen LogP contribution in [0, 0.1) is 0 Å². The standard InChI is InChI=1S/C46H80NO9P/c1-6-8-10-11-12-13-14-15-16-17-18-19-20-23-26-29-33-37-45(49)53-41-44(42-55-57(51,52)54-40-39-47(3,4)5)56-46(50)38-34-30-27-24-21-22-25-28-32-36-43(48)35-31-9-7-2/h15-16,18-19,23,25-26,28,32,36,44H,6-14,17,20-22,24,27,29-31,33-35,37-42H2,1-5H3/p+1/b16-15-,19-18-,26-23-,28-25-,36-32+/t44-/m1/s1. The van der Waals surface area contributed by atoms with Gasteiger partial charge in [0, 0.05) is 19.3 Å². The molecule has 1 N–H and O–H groups in total. The maximum atomic E-state index is 12.7. The molecule has 0 rings (SSSR count). The Hall–Kier alpha value is -2.62. The van der Waals surface area contributed by atoms with Gasteiger partial charge in [0.2, 0.25) is 0 Å². The van der Waals surface area contributed by atoms with E-state index in [1.54, 1.807) is 6.08 Å². The highest BCUT2D eigenvalue weighted by Gasteiger charge is 2.27. The molecule has 0 aliphatic rings. The van der Waals surface area contributed by atoms with Gasteiger partial charge in [0.25, 0.3) is 0 Å². The number of ether oxygens (including phenoxy) is 2. The number of rotatable bonds is 39. The molecule has 0 spiro atoms. The molecule has 0 aromatic carbocycles. The fourth-order valence-electron chi connectivity index (χ4n) is 5.48. The van der Waals surface area contributed by atoms with Gasteiger partial charge in [0.1, 0.15) is 19.8 Å². The second-order valence-electron chi connectivity index (χ2n) is 15.8. The van der Waals surface area contributed by atoms with E-state index in [0.717, 1.165) is 77.0 Å². The third kappa shape index (κ3) is 41.3. The molecule has 0 saturated heterocycles. The van der Waals surface area contributed by atoms with E-state index in [2.05, 4.69) is 56.4 Å². The SMILES string of the molecule is CCCCCCCC/C=C\C/C=C\C/C=C\CCCC(=O)OC[C@H](COP(=O)(O)OCC[N+](C)(C)C)OC(=O)CCCCCCC/C=C\C=C\C(=O)CCCCC. The van der Waals surface area contributed by atoms with Gasteiger partial charge in [0.15, 0.2) is 11.9 Å². The van der Waals surface area contributed by atoms with Crippen LogP contribution in [0.4, 0.5) is 0 Å². The van der Waals surface area contributed by atoms with Gasteiger partial charge in [0.05, 0.1) is 27.7 Å². The van der Waals surface area contributed by atoms with Crippen LogP contribution in [0.1, 0.15) is 162 Å². The first-order valence-corrected chi connectivity index (χ1v) is 23.5. The van der Waals surface area contributed by atoms with Gasteiger partial charge in [-0.25, -0.2) is 4.57 Å². The number of esters is 2. The summed E-state index contributed by atoms with van der Waals surface area (Å²) in [7, 11) is 1.39. The Morgan fingerprint density at radius 2 is 1.12 bits per heavy atom. The van der Waals surface area contributed by atoms with Crippen LogP contribution in [0.5, 0.6) is 0 Å². The molecule has 57 heavy (non-hydrogen) atoms. The molecule has 11 heteroatoms. The second kappa shape index (κ2) is 37.6. The molecule has 0 radical (unpaired) electrons. The van der Waals surface area contributed by atoms with E-state index in [0.29, 0.717) is 30.3 Å². The molecule has 0 aliphatic carbocycles. The van der Waals surface area contributed by atoms with Crippen molar-refractivity contribution in [1.29, 1.82) is 0 Å². The minimum Gasteiger partial charge on any atom is -0.462 e. The highest BCUT2D eigenvalue weighted by Crippen LogP contribution is 2.43. The number of carbonyl (C=O) groups is 3. The van der Waals surface area contributed by atoms with Crippen molar-refractivity contribution in [3.05, 3.63) is 60.8 Å². The molecule has 0 fully saturated rings. The number of quaternary nitrogens is 1. The number of hydrogen-bond acceptors (Lipinski definition) is 8. The maximum Gasteiger partial charge on any atom is 0.472 e. The third-order valence-electron chi connectivity index (χ3n) is 9.00. The number of unbranched alkanes of at least 4 members (excludes halogenated alkanes) is 14. The van der Waals surface area contributed by atoms with Gasteiger partial charge in [-0.1, -0.05) is 133 Å². The van der Waals surface area contributed by atoms with E-state index in [1.165, 1.54) is 38.5 Å². The molecule has 10 nitrogen and oxygen atoms in total. The first-order chi connectivity index (χ1) is 27.4. The quantitative estimate of drug-likeness (QED) is 0.0123. The predicted octanol–water partition coefficient (Wildman–Crippen LogP) is 11.6. The van der Waals surface area contributed by atoms with E-state index in [-0.39, 0.29) is 31.8 Å². The zero-order chi connectivity index (χ0) is 42.3. The molecule has 0 aromatic rings. The molecular formula is C46H81NO9P+. The van der Waals surface area contributed by atoms with E-state index < -0.39 is 32.5 Å². The summed E-state index contributed by atoms with van der Waals surface area (Å²) in [5, 5.41) is 0. The Bertz CT molecular complexity index is 1220. The Labute approximate surface area is 347 Å². The van der Waals surface area contributed by atoms with Gasteiger partial charge in [-0.2, -0.15) is 0 Å². The smallest absolute Gasteiger partial charge is 0.462 e. The van der Waals surface area contributed by atoms with Crippen molar-refractivity contribution in [1.82, 2.24) is 0 Å². The van der Waals surface area contributed by atoms with E-state index in [9.17, 15) is 23.8 Å². The van der Waals surface area contributed by atoms with Crippen molar-refractivity contribution in [3.63, 3.8) is 0 Å². The largest absolute Gasteiger partial charge is 0.472 e. The monoisotopic (exact) mass is 823 g/mol. The molecule has 2 atom stereocenters. The van der Waals surface area contributed by atoms with Crippen molar-refractivity contribution in [2.24, 2.45) is 0 Å². The first-order valence-electron chi connectivity index (χ1n) is 22.0. The summed E-state index contributed by atoms with van der Waals surface area (Å²) in [6.45, 7) is 4.13. The number of phosphoric acid groups is 1. The summed E-state index contributed by atoms with van der Waals surface area (Å²) >= 11 is 0. The van der Waals surface area contributed by atoms with E-state index >= 15 is 0 Å². The summed E-state index contributed by atoms with van der Waals surface area (Å²) in [6, 6.07) is 0. The number of allylic oxidation sites excluding steroid dienone is 10. The molecule has 0 heterocycles. The zero-order valence-corrected chi connectivity index (χ0v) is 37.4. The number of carbonyl (C=O) groups excluding carboxylic acids is 3. The van der Waals surface area contributed by atoms with E-state index in [1.807, 2.05) is 33.3 Å².